The summed E-state index contributed by atoms with van der Waals surface area (Å²) in [4.78, 5) is 0. The minimum Gasteiger partial charge on any atom is -0.392 e. The van der Waals surface area contributed by atoms with E-state index in [9.17, 15) is 5.11 Å². The summed E-state index contributed by atoms with van der Waals surface area (Å²) >= 11 is 0. The summed E-state index contributed by atoms with van der Waals surface area (Å²) in [5.74, 6) is 0.564. The molecule has 1 fully saturated rings. The second kappa shape index (κ2) is 8.06. The molecule has 102 valence electrons. The van der Waals surface area contributed by atoms with Gasteiger partial charge in [0.2, 0.25) is 0 Å². The third-order valence-corrected chi connectivity index (χ3v) is 3.36. The van der Waals surface area contributed by atoms with Crippen molar-refractivity contribution in [3.05, 3.63) is 0 Å². The molecule has 3 unspecified atom stereocenters. The summed E-state index contributed by atoms with van der Waals surface area (Å²) < 4.78 is 5.72. The van der Waals surface area contributed by atoms with Crippen molar-refractivity contribution in [2.24, 2.45) is 5.92 Å². The lowest BCUT2D eigenvalue weighted by Gasteiger charge is -2.31. The van der Waals surface area contributed by atoms with E-state index < -0.39 is 0 Å². The molecule has 1 rings (SSSR count). The smallest absolute Gasteiger partial charge is 0.0667 e. The number of rotatable bonds is 7. The summed E-state index contributed by atoms with van der Waals surface area (Å²) in [6.07, 6.45) is 5.63. The quantitative estimate of drug-likeness (QED) is 0.721. The van der Waals surface area contributed by atoms with Gasteiger partial charge in [0.15, 0.2) is 0 Å². The highest BCUT2D eigenvalue weighted by atomic mass is 16.5. The van der Waals surface area contributed by atoms with Gasteiger partial charge in [0.1, 0.15) is 0 Å². The molecule has 1 aliphatic heterocycles. The standard InChI is InChI=1S/C14H29NO2/c1-4-5-14-9-12(6-7-17-14)15-10-13(16)8-11(2)3/h11-16H,4-10H2,1-3H3. The van der Waals surface area contributed by atoms with E-state index in [1.54, 1.807) is 0 Å². The topological polar surface area (TPSA) is 41.5 Å². The number of nitrogens with one attached hydrogen (secondary N) is 1. The van der Waals surface area contributed by atoms with Crippen molar-refractivity contribution in [1.29, 1.82) is 0 Å². The van der Waals surface area contributed by atoms with Gasteiger partial charge in [-0.3, -0.25) is 0 Å². The van der Waals surface area contributed by atoms with Gasteiger partial charge in [-0.1, -0.05) is 27.2 Å². The van der Waals surface area contributed by atoms with Crippen LogP contribution in [0.3, 0.4) is 0 Å². The zero-order valence-corrected chi connectivity index (χ0v) is 11.6. The van der Waals surface area contributed by atoms with Crippen molar-refractivity contribution < 1.29 is 9.84 Å². The molecule has 0 bridgehead atoms. The zero-order valence-electron chi connectivity index (χ0n) is 11.6. The van der Waals surface area contributed by atoms with Crippen molar-refractivity contribution in [1.82, 2.24) is 5.32 Å². The van der Waals surface area contributed by atoms with E-state index >= 15 is 0 Å². The fourth-order valence-electron chi connectivity index (χ4n) is 2.52. The summed E-state index contributed by atoms with van der Waals surface area (Å²) in [6, 6.07) is 0.530. The van der Waals surface area contributed by atoms with Gasteiger partial charge in [0, 0.05) is 19.2 Å². The molecule has 0 aliphatic carbocycles. The maximum atomic E-state index is 9.83. The predicted octanol–water partition coefficient (Wildman–Crippen LogP) is 2.33. The van der Waals surface area contributed by atoms with E-state index in [-0.39, 0.29) is 6.10 Å². The van der Waals surface area contributed by atoms with E-state index in [0.717, 1.165) is 38.8 Å². The minimum atomic E-state index is -0.206. The molecule has 0 aromatic rings. The molecule has 3 heteroatoms. The Hall–Kier alpha value is -0.120. The number of hydrogen-bond donors (Lipinski definition) is 2. The van der Waals surface area contributed by atoms with E-state index in [0.29, 0.717) is 18.1 Å². The molecule has 1 heterocycles. The molecule has 0 aromatic heterocycles. The van der Waals surface area contributed by atoms with Crippen LogP contribution in [0.4, 0.5) is 0 Å². The van der Waals surface area contributed by atoms with Crippen LogP contribution in [0.25, 0.3) is 0 Å². The maximum absolute atomic E-state index is 9.83. The lowest BCUT2D eigenvalue weighted by atomic mass is 9.99. The van der Waals surface area contributed by atoms with Gasteiger partial charge < -0.3 is 15.2 Å². The highest BCUT2D eigenvalue weighted by Gasteiger charge is 2.22. The molecule has 1 saturated heterocycles. The molecule has 0 radical (unpaired) electrons. The Morgan fingerprint density at radius 3 is 2.82 bits per heavy atom. The van der Waals surface area contributed by atoms with Crippen LogP contribution in [0.15, 0.2) is 0 Å². The minimum absolute atomic E-state index is 0.206. The summed E-state index contributed by atoms with van der Waals surface area (Å²) in [5.41, 5.74) is 0. The molecule has 0 saturated carbocycles. The first-order valence-corrected chi connectivity index (χ1v) is 7.14. The monoisotopic (exact) mass is 243 g/mol. The fraction of sp³-hybridized carbons (Fsp3) is 1.00. The maximum Gasteiger partial charge on any atom is 0.0667 e. The second-order valence-corrected chi connectivity index (χ2v) is 5.69. The van der Waals surface area contributed by atoms with Crippen molar-refractivity contribution in [2.45, 2.75) is 71.1 Å². The van der Waals surface area contributed by atoms with Crippen LogP contribution >= 0.6 is 0 Å². The Bertz CT molecular complexity index is 195. The van der Waals surface area contributed by atoms with Gasteiger partial charge in [0.05, 0.1) is 12.2 Å². The third-order valence-electron chi connectivity index (χ3n) is 3.36. The van der Waals surface area contributed by atoms with Crippen LogP contribution in [-0.4, -0.2) is 36.5 Å². The number of aliphatic hydroxyl groups is 1. The Kier molecular flexibility index (Phi) is 7.09. The van der Waals surface area contributed by atoms with Gasteiger partial charge in [-0.25, -0.2) is 0 Å². The number of aliphatic hydroxyl groups excluding tert-OH is 1. The Labute approximate surface area is 106 Å². The van der Waals surface area contributed by atoms with Gasteiger partial charge in [-0.15, -0.1) is 0 Å². The van der Waals surface area contributed by atoms with E-state index in [1.807, 2.05) is 0 Å². The van der Waals surface area contributed by atoms with Gasteiger partial charge in [-0.05, 0) is 31.6 Å². The van der Waals surface area contributed by atoms with Gasteiger partial charge in [-0.2, -0.15) is 0 Å². The average molecular weight is 243 g/mol. The first-order chi connectivity index (χ1) is 8.11. The van der Waals surface area contributed by atoms with Crippen LogP contribution in [0, 0.1) is 5.92 Å². The summed E-state index contributed by atoms with van der Waals surface area (Å²) in [7, 11) is 0. The Morgan fingerprint density at radius 1 is 1.41 bits per heavy atom. The molecule has 0 amide bonds. The first kappa shape index (κ1) is 14.9. The van der Waals surface area contributed by atoms with Crippen molar-refractivity contribution in [3.8, 4) is 0 Å². The molecule has 3 nitrogen and oxygen atoms in total. The first-order valence-electron chi connectivity index (χ1n) is 7.14. The molecular formula is C14H29NO2. The highest BCUT2D eigenvalue weighted by Crippen LogP contribution is 2.18. The molecular weight excluding hydrogens is 214 g/mol. The lowest BCUT2D eigenvalue weighted by molar-refractivity contribution is -0.00538. The number of ether oxygens (including phenoxy) is 1. The van der Waals surface area contributed by atoms with Crippen molar-refractivity contribution in [3.63, 3.8) is 0 Å². The van der Waals surface area contributed by atoms with Crippen LogP contribution < -0.4 is 5.32 Å². The van der Waals surface area contributed by atoms with Gasteiger partial charge in [0.25, 0.3) is 0 Å². The Morgan fingerprint density at radius 2 is 2.18 bits per heavy atom. The summed E-state index contributed by atoms with van der Waals surface area (Å²) in [6.45, 7) is 8.08. The van der Waals surface area contributed by atoms with Crippen LogP contribution in [-0.2, 0) is 4.74 Å². The van der Waals surface area contributed by atoms with E-state index in [2.05, 4.69) is 26.1 Å². The SMILES string of the molecule is CCCC1CC(NCC(O)CC(C)C)CCO1. The highest BCUT2D eigenvalue weighted by molar-refractivity contribution is 4.78. The second-order valence-electron chi connectivity index (χ2n) is 5.69. The van der Waals surface area contributed by atoms with Crippen LogP contribution in [0.2, 0.25) is 0 Å². The fourth-order valence-corrected chi connectivity index (χ4v) is 2.52. The predicted molar refractivity (Wildman–Crippen MR) is 71.1 cm³/mol. The zero-order chi connectivity index (χ0) is 12.7. The molecule has 1 aliphatic rings. The largest absolute Gasteiger partial charge is 0.392 e. The van der Waals surface area contributed by atoms with Crippen molar-refractivity contribution >= 4 is 0 Å². The van der Waals surface area contributed by atoms with Crippen molar-refractivity contribution in [2.75, 3.05) is 13.2 Å². The molecule has 2 N–H and O–H groups in total. The molecule has 3 atom stereocenters. The van der Waals surface area contributed by atoms with E-state index in [1.165, 1.54) is 6.42 Å². The molecule has 17 heavy (non-hydrogen) atoms. The molecule has 0 spiro atoms. The van der Waals surface area contributed by atoms with Crippen LogP contribution in [0.5, 0.6) is 0 Å². The number of hydrogen-bond acceptors (Lipinski definition) is 3. The normalized spacial score (nSPS) is 27.4. The Balaban J connectivity index is 2.17. The van der Waals surface area contributed by atoms with Gasteiger partial charge >= 0.3 is 0 Å². The third kappa shape index (κ3) is 6.39. The van der Waals surface area contributed by atoms with E-state index in [4.69, 9.17) is 4.74 Å². The summed E-state index contributed by atoms with van der Waals surface area (Å²) in [5, 5.41) is 13.3. The molecule has 0 aromatic carbocycles. The average Bonchev–Trinajstić information content (AvgIpc) is 2.26. The van der Waals surface area contributed by atoms with Crippen LogP contribution in [0.1, 0.15) is 52.9 Å². The lowest BCUT2D eigenvalue weighted by Crippen LogP contribution is -2.42.